The number of urea groups is 1. The molecule has 8 nitrogen and oxygen atoms in total. The maximum atomic E-state index is 12.5. The first-order valence-corrected chi connectivity index (χ1v) is 8.41. The normalized spacial score (nSPS) is 19.9. The summed E-state index contributed by atoms with van der Waals surface area (Å²) in [5.41, 5.74) is 3.06. The highest BCUT2D eigenvalue weighted by atomic mass is 16.6. The van der Waals surface area contributed by atoms with Crippen LogP contribution in [0.1, 0.15) is 11.3 Å². The number of piperazine rings is 1. The van der Waals surface area contributed by atoms with Gasteiger partial charge in [-0.25, -0.2) is 9.59 Å². The first-order chi connectivity index (χ1) is 12.0. The molecule has 2 aliphatic rings. The van der Waals surface area contributed by atoms with Gasteiger partial charge in [0.25, 0.3) is 0 Å². The van der Waals surface area contributed by atoms with Crippen LogP contribution < -0.4 is 5.32 Å². The van der Waals surface area contributed by atoms with Gasteiger partial charge in [0.05, 0.1) is 23.8 Å². The Morgan fingerprint density at radius 3 is 3.08 bits per heavy atom. The number of amides is 3. The largest absolute Gasteiger partial charge is 0.447 e. The quantitative estimate of drug-likeness (QED) is 0.889. The zero-order chi connectivity index (χ0) is 17.6. The van der Waals surface area contributed by atoms with Gasteiger partial charge in [0, 0.05) is 32.1 Å². The number of nitrogens with one attached hydrogen (secondary N) is 1. The lowest BCUT2D eigenvalue weighted by atomic mass is 10.1. The van der Waals surface area contributed by atoms with E-state index in [1.165, 1.54) is 0 Å². The molecule has 1 N–H and O–H groups in total. The van der Waals surface area contributed by atoms with E-state index in [1.807, 2.05) is 24.7 Å². The van der Waals surface area contributed by atoms with E-state index in [2.05, 4.69) is 22.5 Å². The number of benzene rings is 1. The number of ether oxygens (including phenoxy) is 1. The van der Waals surface area contributed by atoms with Crippen molar-refractivity contribution in [2.75, 3.05) is 26.2 Å². The summed E-state index contributed by atoms with van der Waals surface area (Å²) >= 11 is 0. The fourth-order valence-electron chi connectivity index (χ4n) is 3.53. The van der Waals surface area contributed by atoms with Gasteiger partial charge in [0.2, 0.25) is 0 Å². The van der Waals surface area contributed by atoms with E-state index in [-0.39, 0.29) is 18.2 Å². The van der Waals surface area contributed by atoms with Crippen LogP contribution in [0.4, 0.5) is 9.59 Å². The van der Waals surface area contributed by atoms with Crippen LogP contribution >= 0.6 is 0 Å². The first kappa shape index (κ1) is 15.7. The summed E-state index contributed by atoms with van der Waals surface area (Å²) in [6.07, 6.45) is -0.277. The van der Waals surface area contributed by atoms with E-state index in [0.717, 1.165) is 22.2 Å². The van der Waals surface area contributed by atoms with Gasteiger partial charge in [0.1, 0.15) is 6.61 Å². The molecule has 2 fully saturated rings. The molecule has 0 spiro atoms. The number of rotatable bonds is 2. The maximum Gasteiger partial charge on any atom is 0.410 e. The van der Waals surface area contributed by atoms with Crippen molar-refractivity contribution in [1.29, 1.82) is 0 Å². The summed E-state index contributed by atoms with van der Waals surface area (Å²) < 4.78 is 6.87. The summed E-state index contributed by atoms with van der Waals surface area (Å²) in [5, 5.41) is 8.53. The predicted octanol–water partition coefficient (Wildman–Crippen LogP) is 1.23. The summed E-state index contributed by atoms with van der Waals surface area (Å²) in [6.45, 7) is 4.30. The van der Waals surface area contributed by atoms with Gasteiger partial charge < -0.3 is 15.0 Å². The average molecular weight is 343 g/mol. The van der Waals surface area contributed by atoms with Crippen LogP contribution in [-0.4, -0.2) is 64.0 Å². The molecule has 1 aromatic heterocycles. The van der Waals surface area contributed by atoms with Crippen molar-refractivity contribution in [3.05, 3.63) is 29.5 Å². The second kappa shape index (κ2) is 5.94. The van der Waals surface area contributed by atoms with E-state index in [9.17, 15) is 9.59 Å². The molecule has 0 unspecified atom stereocenters. The number of carbonyl (C=O) groups is 2. The molecule has 2 aromatic rings. The minimum absolute atomic E-state index is 0.0367. The highest BCUT2D eigenvalue weighted by molar-refractivity contribution is 5.83. The Balaban J connectivity index is 1.43. The van der Waals surface area contributed by atoms with E-state index in [1.54, 1.807) is 9.80 Å². The van der Waals surface area contributed by atoms with Crippen molar-refractivity contribution in [3.63, 3.8) is 0 Å². The van der Waals surface area contributed by atoms with Crippen molar-refractivity contribution in [3.8, 4) is 0 Å². The van der Waals surface area contributed by atoms with Crippen molar-refractivity contribution in [2.45, 2.75) is 19.5 Å². The first-order valence-electron chi connectivity index (χ1n) is 8.41. The lowest BCUT2D eigenvalue weighted by Gasteiger charge is -2.35. The number of hydrogen-bond donors (Lipinski definition) is 1. The second-order valence-electron chi connectivity index (χ2n) is 6.62. The smallest absolute Gasteiger partial charge is 0.410 e. The standard InChI is InChI=1S/C17H21N5O3/c1-11-3-4-15-13(7-11)14(19-20(15)2)8-18-16(23)21-5-6-22-12(9-21)10-25-17(22)24/h3-4,7,12H,5-6,8-10H2,1-2H3,(H,18,23)/t12-/m1/s1. The van der Waals surface area contributed by atoms with Crippen LogP contribution in [0.5, 0.6) is 0 Å². The van der Waals surface area contributed by atoms with Crippen molar-refractivity contribution in [1.82, 2.24) is 24.9 Å². The Kier molecular flexibility index (Phi) is 3.74. The summed E-state index contributed by atoms with van der Waals surface area (Å²) in [5.74, 6) is 0. The molecule has 2 aliphatic heterocycles. The topological polar surface area (TPSA) is 79.7 Å². The molecular weight excluding hydrogens is 322 g/mol. The van der Waals surface area contributed by atoms with E-state index in [4.69, 9.17) is 4.74 Å². The Bertz CT molecular complexity index is 846. The van der Waals surface area contributed by atoms with Crippen LogP contribution in [0.25, 0.3) is 10.9 Å². The molecule has 4 rings (SSSR count). The van der Waals surface area contributed by atoms with E-state index >= 15 is 0 Å². The summed E-state index contributed by atoms with van der Waals surface area (Å²) in [4.78, 5) is 27.4. The van der Waals surface area contributed by atoms with E-state index in [0.29, 0.717) is 32.8 Å². The van der Waals surface area contributed by atoms with Gasteiger partial charge in [-0.2, -0.15) is 5.10 Å². The van der Waals surface area contributed by atoms with Crippen LogP contribution in [0.2, 0.25) is 0 Å². The molecule has 25 heavy (non-hydrogen) atoms. The molecule has 0 radical (unpaired) electrons. The molecule has 3 amide bonds. The van der Waals surface area contributed by atoms with Crippen molar-refractivity contribution in [2.24, 2.45) is 7.05 Å². The van der Waals surface area contributed by atoms with Gasteiger partial charge in [-0.3, -0.25) is 9.58 Å². The fraction of sp³-hybridized carbons (Fsp3) is 0.471. The Morgan fingerprint density at radius 2 is 2.24 bits per heavy atom. The zero-order valence-electron chi connectivity index (χ0n) is 14.4. The highest BCUT2D eigenvalue weighted by Crippen LogP contribution is 2.20. The molecule has 3 heterocycles. The van der Waals surface area contributed by atoms with Crippen LogP contribution in [0, 0.1) is 6.92 Å². The molecule has 2 saturated heterocycles. The number of aromatic nitrogens is 2. The predicted molar refractivity (Wildman–Crippen MR) is 91.1 cm³/mol. The number of fused-ring (bicyclic) bond motifs is 2. The fourth-order valence-corrected chi connectivity index (χ4v) is 3.53. The Labute approximate surface area is 145 Å². The van der Waals surface area contributed by atoms with Gasteiger partial charge in [-0.1, -0.05) is 11.6 Å². The molecule has 0 bridgehead atoms. The SMILES string of the molecule is Cc1ccc2c(c1)c(CNC(=O)N1CCN3C(=O)OC[C@H]3C1)nn2C. The third-order valence-corrected chi connectivity index (χ3v) is 4.89. The molecule has 132 valence electrons. The van der Waals surface area contributed by atoms with Crippen molar-refractivity contribution < 1.29 is 14.3 Å². The molecule has 1 atom stereocenters. The number of carbonyl (C=O) groups excluding carboxylic acids is 2. The van der Waals surface area contributed by atoms with Crippen LogP contribution in [0.15, 0.2) is 18.2 Å². The summed E-state index contributed by atoms with van der Waals surface area (Å²) in [6, 6.07) is 6.01. The number of cyclic esters (lactones) is 1. The van der Waals surface area contributed by atoms with Crippen molar-refractivity contribution >= 4 is 23.0 Å². The third kappa shape index (κ3) is 2.77. The Hall–Kier alpha value is -2.77. The highest BCUT2D eigenvalue weighted by Gasteiger charge is 2.38. The maximum absolute atomic E-state index is 12.5. The minimum atomic E-state index is -0.277. The van der Waals surface area contributed by atoms with Crippen LogP contribution in [0.3, 0.4) is 0 Å². The lowest BCUT2D eigenvalue weighted by molar-refractivity contribution is 0.127. The molecular formula is C17H21N5O3. The van der Waals surface area contributed by atoms with Gasteiger partial charge >= 0.3 is 12.1 Å². The number of hydrogen-bond acceptors (Lipinski definition) is 4. The molecule has 8 heteroatoms. The summed E-state index contributed by atoms with van der Waals surface area (Å²) in [7, 11) is 1.90. The van der Waals surface area contributed by atoms with Gasteiger partial charge in [-0.15, -0.1) is 0 Å². The average Bonchev–Trinajstić information content (AvgIpc) is 3.12. The number of aryl methyl sites for hydroxylation is 2. The number of nitrogens with zero attached hydrogens (tertiary/aromatic N) is 4. The zero-order valence-corrected chi connectivity index (χ0v) is 14.4. The van der Waals surface area contributed by atoms with Crippen LogP contribution in [-0.2, 0) is 18.3 Å². The molecule has 0 aliphatic carbocycles. The Morgan fingerprint density at radius 1 is 1.40 bits per heavy atom. The lowest BCUT2D eigenvalue weighted by Crippen LogP contribution is -2.55. The third-order valence-electron chi connectivity index (χ3n) is 4.89. The second-order valence-corrected chi connectivity index (χ2v) is 6.62. The minimum Gasteiger partial charge on any atom is -0.447 e. The monoisotopic (exact) mass is 343 g/mol. The van der Waals surface area contributed by atoms with E-state index < -0.39 is 0 Å². The van der Waals surface area contributed by atoms with Gasteiger partial charge in [-0.05, 0) is 19.1 Å². The molecule has 0 saturated carbocycles. The van der Waals surface area contributed by atoms with Gasteiger partial charge in [0.15, 0.2) is 0 Å². The molecule has 1 aromatic carbocycles.